The van der Waals surface area contributed by atoms with E-state index in [9.17, 15) is 0 Å². The van der Waals surface area contributed by atoms with Crippen LogP contribution in [0.25, 0.3) is 55.2 Å². The lowest BCUT2D eigenvalue weighted by atomic mass is 9.91. The van der Waals surface area contributed by atoms with Gasteiger partial charge in [0.2, 0.25) is 0 Å². The Bertz CT molecular complexity index is 1340. The monoisotopic (exact) mass is 302 g/mol. The SMILES string of the molecule is C1=Cc2c3ccc4ccccc4c3cc3c2c1cc1ccccc13. The standard InChI is InChI=1S/C24H14/c1-3-7-18-15(5-1)9-11-20-21-12-10-17-13-16-6-2-4-8-19(16)23(24(17)21)14-22(18)20/h1-14H. The summed E-state index contributed by atoms with van der Waals surface area (Å²) in [6.45, 7) is 0. The summed E-state index contributed by atoms with van der Waals surface area (Å²) in [5, 5.41) is 10.8. The van der Waals surface area contributed by atoms with Gasteiger partial charge in [-0.1, -0.05) is 72.8 Å². The summed E-state index contributed by atoms with van der Waals surface area (Å²) in [6.07, 6.45) is 4.55. The summed E-state index contributed by atoms with van der Waals surface area (Å²) < 4.78 is 0. The number of fused-ring (bicyclic) bond motifs is 6. The van der Waals surface area contributed by atoms with Gasteiger partial charge in [-0.2, -0.15) is 0 Å². The zero-order chi connectivity index (χ0) is 15.7. The van der Waals surface area contributed by atoms with Gasteiger partial charge in [-0.15, -0.1) is 0 Å². The largest absolute Gasteiger partial charge is 0.0616 e. The third kappa shape index (κ3) is 1.43. The zero-order valence-electron chi connectivity index (χ0n) is 13.1. The molecular weight excluding hydrogens is 288 g/mol. The number of hydrogen-bond acceptors (Lipinski definition) is 0. The van der Waals surface area contributed by atoms with Gasteiger partial charge >= 0.3 is 0 Å². The van der Waals surface area contributed by atoms with Crippen molar-refractivity contribution < 1.29 is 0 Å². The highest BCUT2D eigenvalue weighted by molar-refractivity contribution is 6.25. The Morgan fingerprint density at radius 2 is 1.21 bits per heavy atom. The maximum absolute atomic E-state index is 2.40. The van der Waals surface area contributed by atoms with Crippen molar-refractivity contribution in [2.45, 2.75) is 0 Å². The Hall–Kier alpha value is -3.12. The van der Waals surface area contributed by atoms with E-state index >= 15 is 0 Å². The van der Waals surface area contributed by atoms with E-state index in [0.717, 1.165) is 0 Å². The fourth-order valence-corrected chi connectivity index (χ4v) is 4.29. The molecule has 0 saturated carbocycles. The Morgan fingerprint density at radius 1 is 0.458 bits per heavy atom. The van der Waals surface area contributed by atoms with Gasteiger partial charge in [0.05, 0.1) is 0 Å². The van der Waals surface area contributed by atoms with Crippen LogP contribution in [-0.2, 0) is 0 Å². The van der Waals surface area contributed by atoms with Crippen LogP contribution in [0.2, 0.25) is 0 Å². The lowest BCUT2D eigenvalue weighted by molar-refractivity contribution is 1.76. The van der Waals surface area contributed by atoms with Crippen molar-refractivity contribution in [2.24, 2.45) is 0 Å². The first-order valence-electron chi connectivity index (χ1n) is 8.38. The van der Waals surface area contributed by atoms with Crippen LogP contribution in [0.3, 0.4) is 0 Å². The molecule has 0 fully saturated rings. The fraction of sp³-hybridized carbons (Fsp3) is 0. The lowest BCUT2D eigenvalue weighted by Crippen LogP contribution is -1.86. The van der Waals surface area contributed by atoms with E-state index in [0.29, 0.717) is 0 Å². The molecule has 0 heteroatoms. The molecule has 6 rings (SSSR count). The van der Waals surface area contributed by atoms with Crippen molar-refractivity contribution in [1.29, 1.82) is 0 Å². The Morgan fingerprint density at radius 3 is 2.08 bits per heavy atom. The van der Waals surface area contributed by atoms with Crippen LogP contribution < -0.4 is 0 Å². The van der Waals surface area contributed by atoms with E-state index < -0.39 is 0 Å². The quantitative estimate of drug-likeness (QED) is 0.214. The Kier molecular flexibility index (Phi) is 2.18. The Labute approximate surface area is 139 Å². The molecule has 1 aliphatic carbocycles. The summed E-state index contributed by atoms with van der Waals surface area (Å²) in [7, 11) is 0. The second kappa shape index (κ2) is 4.24. The summed E-state index contributed by atoms with van der Waals surface area (Å²) in [4.78, 5) is 0. The molecule has 0 aliphatic heterocycles. The van der Waals surface area contributed by atoms with Crippen molar-refractivity contribution in [3.8, 4) is 0 Å². The molecule has 0 spiro atoms. The summed E-state index contributed by atoms with van der Waals surface area (Å²) in [5.74, 6) is 0. The molecule has 0 radical (unpaired) electrons. The normalized spacial score (nSPS) is 12.8. The minimum atomic E-state index is 1.30. The molecule has 0 saturated heterocycles. The van der Waals surface area contributed by atoms with Gasteiger partial charge in [0.15, 0.2) is 0 Å². The Balaban J connectivity index is 1.97. The third-order valence-electron chi connectivity index (χ3n) is 5.37. The predicted octanol–water partition coefficient (Wildman–Crippen LogP) is 6.78. The van der Waals surface area contributed by atoms with Crippen molar-refractivity contribution >= 4 is 55.2 Å². The molecule has 0 amide bonds. The molecule has 1 aliphatic rings. The van der Waals surface area contributed by atoms with Crippen LogP contribution in [0.4, 0.5) is 0 Å². The molecule has 110 valence electrons. The predicted molar refractivity (Wildman–Crippen MR) is 105 cm³/mol. The first-order chi connectivity index (χ1) is 11.9. The van der Waals surface area contributed by atoms with Crippen LogP contribution in [0.5, 0.6) is 0 Å². The van der Waals surface area contributed by atoms with Gasteiger partial charge in [0, 0.05) is 0 Å². The number of benzene rings is 5. The summed E-state index contributed by atoms with van der Waals surface area (Å²) in [5.41, 5.74) is 2.71. The van der Waals surface area contributed by atoms with Gasteiger partial charge in [0.25, 0.3) is 0 Å². The topological polar surface area (TPSA) is 0 Å². The third-order valence-corrected chi connectivity index (χ3v) is 5.37. The molecule has 5 aromatic carbocycles. The molecule has 0 nitrogen and oxygen atoms in total. The van der Waals surface area contributed by atoms with Gasteiger partial charge < -0.3 is 0 Å². The van der Waals surface area contributed by atoms with Crippen LogP contribution in [0, 0.1) is 0 Å². The molecular formula is C24H14. The molecule has 5 aromatic rings. The van der Waals surface area contributed by atoms with Crippen molar-refractivity contribution in [3.05, 3.63) is 83.9 Å². The van der Waals surface area contributed by atoms with Crippen LogP contribution in [0.15, 0.2) is 72.8 Å². The maximum Gasteiger partial charge on any atom is -0.00259 e. The molecule has 0 heterocycles. The second-order valence-corrected chi connectivity index (χ2v) is 6.61. The summed E-state index contributed by atoms with van der Waals surface area (Å²) in [6, 6.07) is 26.6. The minimum absolute atomic E-state index is 1.30. The van der Waals surface area contributed by atoms with Gasteiger partial charge in [-0.3, -0.25) is 0 Å². The lowest BCUT2D eigenvalue weighted by Gasteiger charge is -2.12. The highest BCUT2D eigenvalue weighted by Gasteiger charge is 2.16. The van der Waals surface area contributed by atoms with E-state index in [1.54, 1.807) is 0 Å². The van der Waals surface area contributed by atoms with E-state index in [4.69, 9.17) is 0 Å². The molecule has 0 bridgehead atoms. The molecule has 0 aromatic heterocycles. The highest BCUT2D eigenvalue weighted by atomic mass is 14.2. The van der Waals surface area contributed by atoms with E-state index in [-0.39, 0.29) is 0 Å². The minimum Gasteiger partial charge on any atom is -0.0616 e. The van der Waals surface area contributed by atoms with Gasteiger partial charge in [-0.05, 0) is 66.3 Å². The highest BCUT2D eigenvalue weighted by Crippen LogP contribution is 2.42. The van der Waals surface area contributed by atoms with Crippen molar-refractivity contribution in [1.82, 2.24) is 0 Å². The average Bonchev–Trinajstić information content (AvgIpc) is 3.06. The second-order valence-electron chi connectivity index (χ2n) is 6.61. The molecule has 0 N–H and O–H groups in total. The average molecular weight is 302 g/mol. The molecule has 0 unspecified atom stereocenters. The van der Waals surface area contributed by atoms with E-state index in [1.807, 2.05) is 0 Å². The first kappa shape index (κ1) is 12.3. The van der Waals surface area contributed by atoms with Crippen LogP contribution >= 0.6 is 0 Å². The summed E-state index contributed by atoms with van der Waals surface area (Å²) >= 11 is 0. The van der Waals surface area contributed by atoms with E-state index in [1.165, 1.54) is 54.2 Å². The van der Waals surface area contributed by atoms with Gasteiger partial charge in [0.1, 0.15) is 0 Å². The van der Waals surface area contributed by atoms with Crippen molar-refractivity contribution in [2.75, 3.05) is 0 Å². The maximum atomic E-state index is 2.40. The smallest absolute Gasteiger partial charge is 0.00259 e. The fourth-order valence-electron chi connectivity index (χ4n) is 4.29. The molecule has 24 heavy (non-hydrogen) atoms. The number of hydrogen-bond donors (Lipinski definition) is 0. The molecule has 0 atom stereocenters. The van der Waals surface area contributed by atoms with Gasteiger partial charge in [-0.25, -0.2) is 0 Å². The van der Waals surface area contributed by atoms with Crippen LogP contribution in [-0.4, -0.2) is 0 Å². The van der Waals surface area contributed by atoms with Crippen molar-refractivity contribution in [3.63, 3.8) is 0 Å². The number of rotatable bonds is 0. The zero-order valence-corrected chi connectivity index (χ0v) is 13.1. The first-order valence-corrected chi connectivity index (χ1v) is 8.38. The van der Waals surface area contributed by atoms with E-state index in [2.05, 4.69) is 84.9 Å². The van der Waals surface area contributed by atoms with Crippen LogP contribution in [0.1, 0.15) is 11.1 Å².